The first-order valence-corrected chi connectivity index (χ1v) is 5.84. The van der Waals surface area contributed by atoms with Crippen molar-refractivity contribution in [1.82, 2.24) is 0 Å². The van der Waals surface area contributed by atoms with Crippen LogP contribution in [0.2, 0.25) is 0 Å². The molecule has 2 amide bonds. The first-order chi connectivity index (χ1) is 9.10. The number of anilines is 2. The van der Waals surface area contributed by atoms with Crippen molar-refractivity contribution in [1.29, 1.82) is 0 Å². The second-order valence-corrected chi connectivity index (χ2v) is 4.17. The van der Waals surface area contributed by atoms with E-state index in [1.54, 1.807) is 24.3 Å². The zero-order valence-corrected chi connectivity index (χ0v) is 10.3. The van der Waals surface area contributed by atoms with Crippen LogP contribution in [0, 0.1) is 0 Å². The van der Waals surface area contributed by atoms with E-state index in [1.165, 1.54) is 0 Å². The number of carbonyl (C=O) groups excluding carboxylic acids is 2. The van der Waals surface area contributed by atoms with Gasteiger partial charge in [-0.05, 0) is 24.6 Å². The number of nitrogens with one attached hydrogen (secondary N) is 2. The summed E-state index contributed by atoms with van der Waals surface area (Å²) in [6.07, 6.45) is 1.99. The molecule has 2 rings (SSSR count). The van der Waals surface area contributed by atoms with Crippen LogP contribution in [-0.2, 0) is 9.59 Å². The molecule has 6 nitrogen and oxygen atoms in total. The van der Waals surface area contributed by atoms with Crippen LogP contribution in [-0.4, -0.2) is 24.5 Å². The fourth-order valence-corrected chi connectivity index (χ4v) is 1.68. The molecular weight excluding hydrogens is 246 g/mol. The molecule has 0 saturated carbocycles. The van der Waals surface area contributed by atoms with E-state index in [0.717, 1.165) is 0 Å². The summed E-state index contributed by atoms with van der Waals surface area (Å²) in [6.45, 7) is 3.53. The van der Waals surface area contributed by atoms with Crippen molar-refractivity contribution < 1.29 is 14.3 Å². The van der Waals surface area contributed by atoms with E-state index in [2.05, 4.69) is 17.2 Å². The predicted octanol–water partition coefficient (Wildman–Crippen LogP) is 0.859. The molecule has 100 valence electrons. The van der Waals surface area contributed by atoms with E-state index in [4.69, 9.17) is 10.5 Å². The van der Waals surface area contributed by atoms with Gasteiger partial charge in [-0.15, -0.1) is 6.58 Å². The molecule has 6 heteroatoms. The van der Waals surface area contributed by atoms with E-state index in [-0.39, 0.29) is 18.4 Å². The van der Waals surface area contributed by atoms with Gasteiger partial charge in [-0.25, -0.2) is 0 Å². The van der Waals surface area contributed by atoms with Gasteiger partial charge in [0, 0.05) is 5.69 Å². The maximum absolute atomic E-state index is 11.7. The largest absolute Gasteiger partial charge is 0.482 e. The summed E-state index contributed by atoms with van der Waals surface area (Å²) in [7, 11) is 0. The quantitative estimate of drug-likeness (QED) is 0.701. The SMILES string of the molecule is C=CCC(N)C(=O)Nc1ccc2c(c1)NC(=O)CO2. The molecule has 0 spiro atoms. The Morgan fingerprint density at radius 3 is 3.16 bits per heavy atom. The van der Waals surface area contributed by atoms with Crippen LogP contribution in [0.1, 0.15) is 6.42 Å². The molecule has 0 saturated heterocycles. The minimum absolute atomic E-state index is 0.00289. The van der Waals surface area contributed by atoms with Crippen molar-refractivity contribution in [3.05, 3.63) is 30.9 Å². The Morgan fingerprint density at radius 1 is 1.63 bits per heavy atom. The maximum atomic E-state index is 11.7. The molecular formula is C13H15N3O3. The summed E-state index contributed by atoms with van der Waals surface area (Å²) >= 11 is 0. The van der Waals surface area contributed by atoms with Crippen molar-refractivity contribution >= 4 is 23.2 Å². The topological polar surface area (TPSA) is 93.5 Å². The maximum Gasteiger partial charge on any atom is 0.262 e. The molecule has 19 heavy (non-hydrogen) atoms. The van der Waals surface area contributed by atoms with Gasteiger partial charge >= 0.3 is 0 Å². The third-order valence-corrected chi connectivity index (χ3v) is 2.64. The van der Waals surface area contributed by atoms with Crippen molar-refractivity contribution in [2.45, 2.75) is 12.5 Å². The Labute approximate surface area is 110 Å². The highest BCUT2D eigenvalue weighted by atomic mass is 16.5. The average Bonchev–Trinajstić information content (AvgIpc) is 2.38. The van der Waals surface area contributed by atoms with E-state index >= 15 is 0 Å². The third kappa shape index (κ3) is 3.11. The van der Waals surface area contributed by atoms with Crippen LogP contribution in [0.5, 0.6) is 5.75 Å². The Hall–Kier alpha value is -2.34. The zero-order valence-electron chi connectivity index (χ0n) is 10.3. The lowest BCUT2D eigenvalue weighted by molar-refractivity contribution is -0.118. The summed E-state index contributed by atoms with van der Waals surface area (Å²) in [4.78, 5) is 22.9. The summed E-state index contributed by atoms with van der Waals surface area (Å²) in [5.74, 6) is 0.0511. The second kappa shape index (κ2) is 5.53. The molecule has 1 atom stereocenters. The number of carbonyl (C=O) groups is 2. The molecule has 0 aliphatic carbocycles. The molecule has 1 aliphatic rings. The van der Waals surface area contributed by atoms with Gasteiger partial charge in [0.2, 0.25) is 5.91 Å². The van der Waals surface area contributed by atoms with Gasteiger partial charge in [0.15, 0.2) is 6.61 Å². The Morgan fingerprint density at radius 2 is 2.42 bits per heavy atom. The summed E-state index contributed by atoms with van der Waals surface area (Å²) in [5, 5.41) is 5.34. The number of benzene rings is 1. The van der Waals surface area contributed by atoms with Crippen LogP contribution in [0.15, 0.2) is 30.9 Å². The Kier molecular flexibility index (Phi) is 3.82. The molecule has 0 fully saturated rings. The first kappa shape index (κ1) is 13.1. The number of ether oxygens (including phenoxy) is 1. The lowest BCUT2D eigenvalue weighted by atomic mass is 10.2. The lowest BCUT2D eigenvalue weighted by Crippen LogP contribution is -2.35. The van der Waals surface area contributed by atoms with Crippen molar-refractivity contribution in [2.24, 2.45) is 5.73 Å². The van der Waals surface area contributed by atoms with Gasteiger partial charge < -0.3 is 21.1 Å². The van der Waals surface area contributed by atoms with E-state index < -0.39 is 6.04 Å². The van der Waals surface area contributed by atoms with Gasteiger partial charge in [0.05, 0.1) is 11.7 Å². The minimum atomic E-state index is -0.639. The summed E-state index contributed by atoms with van der Waals surface area (Å²) in [5.41, 5.74) is 6.74. The number of nitrogens with two attached hydrogens (primary N) is 1. The number of fused-ring (bicyclic) bond motifs is 1. The number of amides is 2. The molecule has 1 aliphatic heterocycles. The fraction of sp³-hybridized carbons (Fsp3) is 0.231. The average molecular weight is 261 g/mol. The molecule has 1 unspecified atom stereocenters. The molecule has 0 radical (unpaired) electrons. The van der Waals surface area contributed by atoms with Crippen molar-refractivity contribution in [3.8, 4) is 5.75 Å². The summed E-state index contributed by atoms with van der Waals surface area (Å²) in [6, 6.07) is 4.36. The molecule has 1 heterocycles. The Balaban J connectivity index is 2.09. The van der Waals surface area contributed by atoms with E-state index in [1.807, 2.05) is 0 Å². The number of hydrogen-bond donors (Lipinski definition) is 3. The fourth-order valence-electron chi connectivity index (χ4n) is 1.68. The molecule has 1 aromatic rings. The predicted molar refractivity (Wildman–Crippen MR) is 72.0 cm³/mol. The molecule has 0 bridgehead atoms. The second-order valence-electron chi connectivity index (χ2n) is 4.17. The third-order valence-electron chi connectivity index (χ3n) is 2.64. The Bertz CT molecular complexity index is 528. The van der Waals surface area contributed by atoms with Gasteiger partial charge in [-0.1, -0.05) is 6.08 Å². The van der Waals surface area contributed by atoms with Crippen molar-refractivity contribution in [2.75, 3.05) is 17.2 Å². The standard InChI is InChI=1S/C13H15N3O3/c1-2-3-9(14)13(18)15-8-4-5-11-10(6-8)16-12(17)7-19-11/h2,4-6,9H,1,3,7,14H2,(H,15,18)(H,16,17). The first-order valence-electron chi connectivity index (χ1n) is 5.84. The molecule has 4 N–H and O–H groups in total. The molecule has 0 aromatic heterocycles. The van der Waals surface area contributed by atoms with Crippen LogP contribution in [0.25, 0.3) is 0 Å². The van der Waals surface area contributed by atoms with Gasteiger partial charge in [0.25, 0.3) is 5.91 Å². The van der Waals surface area contributed by atoms with Crippen LogP contribution in [0.4, 0.5) is 11.4 Å². The zero-order chi connectivity index (χ0) is 13.8. The monoisotopic (exact) mass is 261 g/mol. The van der Waals surface area contributed by atoms with Gasteiger partial charge in [-0.2, -0.15) is 0 Å². The minimum Gasteiger partial charge on any atom is -0.482 e. The van der Waals surface area contributed by atoms with Crippen molar-refractivity contribution in [3.63, 3.8) is 0 Å². The highest BCUT2D eigenvalue weighted by molar-refractivity contribution is 5.98. The highest BCUT2D eigenvalue weighted by Gasteiger charge is 2.17. The van der Waals surface area contributed by atoms with Crippen LogP contribution < -0.4 is 21.1 Å². The smallest absolute Gasteiger partial charge is 0.262 e. The van der Waals surface area contributed by atoms with Crippen LogP contribution in [0.3, 0.4) is 0 Å². The normalized spacial score (nSPS) is 14.7. The molecule has 1 aromatic carbocycles. The summed E-state index contributed by atoms with van der Waals surface area (Å²) < 4.78 is 5.22. The van der Waals surface area contributed by atoms with Gasteiger partial charge in [-0.3, -0.25) is 9.59 Å². The van der Waals surface area contributed by atoms with Gasteiger partial charge in [0.1, 0.15) is 5.75 Å². The highest BCUT2D eigenvalue weighted by Crippen LogP contribution is 2.30. The number of hydrogen-bond acceptors (Lipinski definition) is 4. The van der Waals surface area contributed by atoms with E-state index in [0.29, 0.717) is 23.5 Å². The van der Waals surface area contributed by atoms with Crippen LogP contribution >= 0.6 is 0 Å². The number of rotatable bonds is 4. The lowest BCUT2D eigenvalue weighted by Gasteiger charge is -2.19. The van der Waals surface area contributed by atoms with E-state index in [9.17, 15) is 9.59 Å².